The standard InChI is InChI=1S/C30H23BrN2O3/c31-23-17-15-22(16-18-23)27(21-11-5-2-6-12-21)32-28(34)26(19-20-9-3-1-4-10-20)33-29(35)24-13-7-8-14-25(24)30(33)36/h1-18,26-27H,19H2,(H,32,34)/t26-,27+/m1/s1. The van der Waals surface area contributed by atoms with E-state index in [0.717, 1.165) is 26.1 Å². The molecule has 0 radical (unpaired) electrons. The zero-order valence-electron chi connectivity index (χ0n) is 19.3. The van der Waals surface area contributed by atoms with E-state index in [1.165, 1.54) is 0 Å². The second kappa shape index (κ2) is 10.3. The predicted molar refractivity (Wildman–Crippen MR) is 141 cm³/mol. The molecule has 1 N–H and O–H groups in total. The van der Waals surface area contributed by atoms with Crippen LogP contribution in [0.4, 0.5) is 0 Å². The van der Waals surface area contributed by atoms with Gasteiger partial charge in [-0.3, -0.25) is 19.3 Å². The summed E-state index contributed by atoms with van der Waals surface area (Å²) >= 11 is 3.47. The first kappa shape index (κ1) is 23.7. The van der Waals surface area contributed by atoms with Crippen molar-refractivity contribution in [1.29, 1.82) is 0 Å². The van der Waals surface area contributed by atoms with Crippen LogP contribution in [0.1, 0.15) is 43.4 Å². The van der Waals surface area contributed by atoms with E-state index in [0.29, 0.717) is 11.1 Å². The van der Waals surface area contributed by atoms with Crippen LogP contribution in [0.5, 0.6) is 0 Å². The van der Waals surface area contributed by atoms with Crippen molar-refractivity contribution >= 4 is 33.7 Å². The lowest BCUT2D eigenvalue weighted by Gasteiger charge is -2.28. The van der Waals surface area contributed by atoms with E-state index in [4.69, 9.17) is 0 Å². The molecule has 4 aromatic carbocycles. The summed E-state index contributed by atoms with van der Waals surface area (Å²) < 4.78 is 0.928. The van der Waals surface area contributed by atoms with Crippen LogP contribution in [-0.4, -0.2) is 28.7 Å². The molecule has 3 amide bonds. The molecule has 0 aliphatic carbocycles. The van der Waals surface area contributed by atoms with E-state index in [9.17, 15) is 14.4 Å². The van der Waals surface area contributed by atoms with Crippen LogP contribution in [0, 0.1) is 0 Å². The number of nitrogens with one attached hydrogen (secondary N) is 1. The fourth-order valence-corrected chi connectivity index (χ4v) is 4.79. The van der Waals surface area contributed by atoms with Crippen molar-refractivity contribution in [1.82, 2.24) is 10.2 Å². The average Bonchev–Trinajstić information content (AvgIpc) is 3.17. The number of rotatable bonds is 7. The number of nitrogens with zero attached hydrogens (tertiary/aromatic N) is 1. The van der Waals surface area contributed by atoms with Gasteiger partial charge in [0.2, 0.25) is 5.91 Å². The molecule has 0 bridgehead atoms. The molecular weight excluding hydrogens is 516 g/mol. The number of benzene rings is 4. The van der Waals surface area contributed by atoms with Crippen LogP contribution >= 0.6 is 15.9 Å². The highest BCUT2D eigenvalue weighted by Gasteiger charge is 2.43. The minimum atomic E-state index is -1.01. The molecule has 0 fully saturated rings. The van der Waals surface area contributed by atoms with Crippen molar-refractivity contribution in [2.24, 2.45) is 0 Å². The third kappa shape index (κ3) is 4.72. The summed E-state index contributed by atoms with van der Waals surface area (Å²) in [4.78, 5) is 41.7. The first-order valence-corrected chi connectivity index (χ1v) is 12.4. The summed E-state index contributed by atoms with van der Waals surface area (Å²) in [5, 5.41) is 3.13. The molecule has 1 aliphatic rings. The summed E-state index contributed by atoms with van der Waals surface area (Å²) in [6, 6.07) is 32.0. The number of hydrogen-bond donors (Lipinski definition) is 1. The van der Waals surface area contributed by atoms with Crippen molar-refractivity contribution < 1.29 is 14.4 Å². The van der Waals surface area contributed by atoms with Crippen LogP contribution in [0.25, 0.3) is 0 Å². The van der Waals surface area contributed by atoms with Crippen LogP contribution < -0.4 is 5.32 Å². The number of carbonyl (C=O) groups excluding carboxylic acids is 3. The average molecular weight is 539 g/mol. The second-order valence-electron chi connectivity index (χ2n) is 8.64. The number of amides is 3. The lowest BCUT2D eigenvalue weighted by Crippen LogP contribution is -2.51. The molecule has 5 nitrogen and oxygen atoms in total. The van der Waals surface area contributed by atoms with Crippen molar-refractivity contribution in [3.05, 3.63) is 141 Å². The normalized spacial score (nSPS) is 14.3. The highest BCUT2D eigenvalue weighted by atomic mass is 79.9. The van der Waals surface area contributed by atoms with E-state index in [2.05, 4.69) is 21.2 Å². The third-order valence-corrected chi connectivity index (χ3v) is 6.86. The van der Waals surface area contributed by atoms with E-state index >= 15 is 0 Å². The zero-order chi connectivity index (χ0) is 25.1. The lowest BCUT2D eigenvalue weighted by molar-refractivity contribution is -0.125. The number of imide groups is 1. The molecule has 0 aromatic heterocycles. The van der Waals surface area contributed by atoms with Gasteiger partial charge in [0.05, 0.1) is 17.2 Å². The maximum Gasteiger partial charge on any atom is 0.262 e. The van der Waals surface area contributed by atoms with Crippen molar-refractivity contribution in [3.8, 4) is 0 Å². The van der Waals surface area contributed by atoms with Gasteiger partial charge in [-0.2, -0.15) is 0 Å². The van der Waals surface area contributed by atoms with Crippen LogP contribution in [0.3, 0.4) is 0 Å². The summed E-state index contributed by atoms with van der Waals surface area (Å²) in [6.07, 6.45) is 0.208. The van der Waals surface area contributed by atoms with E-state index in [1.54, 1.807) is 24.3 Å². The van der Waals surface area contributed by atoms with Crippen LogP contribution in [0.15, 0.2) is 114 Å². The van der Waals surface area contributed by atoms with Gasteiger partial charge in [0.25, 0.3) is 11.8 Å². The fraction of sp³-hybridized carbons (Fsp3) is 0.100. The Morgan fingerprint density at radius 3 is 1.78 bits per heavy atom. The van der Waals surface area contributed by atoms with Gasteiger partial charge in [-0.15, -0.1) is 0 Å². The second-order valence-corrected chi connectivity index (χ2v) is 9.55. The van der Waals surface area contributed by atoms with Crippen molar-refractivity contribution in [2.75, 3.05) is 0 Å². The van der Waals surface area contributed by atoms with Gasteiger partial charge in [0, 0.05) is 10.9 Å². The minimum absolute atomic E-state index is 0.208. The SMILES string of the molecule is O=C(N[C@@H](c1ccccc1)c1ccc(Br)cc1)[C@@H](Cc1ccccc1)N1C(=O)c2ccccc2C1=O. The Hall–Kier alpha value is -4.03. The molecule has 5 rings (SSSR count). The molecule has 2 atom stereocenters. The van der Waals surface area contributed by atoms with Gasteiger partial charge in [-0.1, -0.05) is 101 Å². The molecule has 178 valence electrons. The third-order valence-electron chi connectivity index (χ3n) is 6.33. The molecule has 0 spiro atoms. The van der Waals surface area contributed by atoms with Crippen LogP contribution in [0.2, 0.25) is 0 Å². The summed E-state index contributed by atoms with van der Waals surface area (Å²) in [5.74, 6) is -1.30. The first-order valence-electron chi connectivity index (χ1n) is 11.6. The maximum atomic E-state index is 13.9. The van der Waals surface area contributed by atoms with Gasteiger partial charge < -0.3 is 5.32 Å². The fourth-order valence-electron chi connectivity index (χ4n) is 4.53. The molecule has 0 unspecified atom stereocenters. The molecule has 0 saturated heterocycles. The molecule has 1 aliphatic heterocycles. The molecule has 1 heterocycles. The highest BCUT2D eigenvalue weighted by Crippen LogP contribution is 2.28. The quantitative estimate of drug-likeness (QED) is 0.313. The number of halogens is 1. The zero-order valence-corrected chi connectivity index (χ0v) is 20.9. The van der Waals surface area contributed by atoms with Gasteiger partial charge in [-0.05, 0) is 41.0 Å². The number of hydrogen-bond acceptors (Lipinski definition) is 3. The molecule has 4 aromatic rings. The van der Waals surface area contributed by atoms with E-state index in [-0.39, 0.29) is 6.42 Å². The topological polar surface area (TPSA) is 66.5 Å². The van der Waals surface area contributed by atoms with E-state index in [1.807, 2.05) is 84.9 Å². The summed E-state index contributed by atoms with van der Waals surface area (Å²) in [5.41, 5.74) is 3.28. The highest BCUT2D eigenvalue weighted by molar-refractivity contribution is 9.10. The lowest BCUT2D eigenvalue weighted by atomic mass is 9.97. The molecule has 6 heteroatoms. The predicted octanol–water partition coefficient (Wildman–Crippen LogP) is 5.56. The largest absolute Gasteiger partial charge is 0.343 e. The summed E-state index contributed by atoms with van der Waals surface area (Å²) in [6.45, 7) is 0. The number of fused-ring (bicyclic) bond motifs is 1. The Labute approximate surface area is 217 Å². The Bertz CT molecular complexity index is 1370. The van der Waals surface area contributed by atoms with Gasteiger partial charge in [-0.25, -0.2) is 0 Å². The van der Waals surface area contributed by atoms with Gasteiger partial charge in [0.15, 0.2) is 0 Å². The smallest absolute Gasteiger partial charge is 0.262 e. The maximum absolute atomic E-state index is 13.9. The Morgan fingerprint density at radius 2 is 1.19 bits per heavy atom. The molecule has 36 heavy (non-hydrogen) atoms. The van der Waals surface area contributed by atoms with Gasteiger partial charge >= 0.3 is 0 Å². The molecular formula is C30H23BrN2O3. The van der Waals surface area contributed by atoms with E-state index < -0.39 is 29.8 Å². The Balaban J connectivity index is 1.52. The number of carbonyl (C=O) groups is 3. The molecule has 0 saturated carbocycles. The Morgan fingerprint density at radius 1 is 0.694 bits per heavy atom. The van der Waals surface area contributed by atoms with Gasteiger partial charge in [0.1, 0.15) is 6.04 Å². The van der Waals surface area contributed by atoms with Crippen molar-refractivity contribution in [3.63, 3.8) is 0 Å². The summed E-state index contributed by atoms with van der Waals surface area (Å²) in [7, 11) is 0. The first-order chi connectivity index (χ1) is 17.5. The monoisotopic (exact) mass is 538 g/mol. The van der Waals surface area contributed by atoms with Crippen LogP contribution in [-0.2, 0) is 11.2 Å². The minimum Gasteiger partial charge on any atom is -0.343 e. The Kier molecular flexibility index (Phi) is 6.78. The van der Waals surface area contributed by atoms with Crippen molar-refractivity contribution in [2.45, 2.75) is 18.5 Å².